The number of nitriles is 1. The minimum absolute atomic E-state index is 0.278. The van der Waals surface area contributed by atoms with E-state index < -0.39 is 5.92 Å². The highest BCUT2D eigenvalue weighted by molar-refractivity contribution is 8.03. The zero-order valence-electron chi connectivity index (χ0n) is 15.8. The van der Waals surface area contributed by atoms with E-state index in [1.807, 2.05) is 19.1 Å². The fourth-order valence-corrected chi connectivity index (χ4v) is 4.05. The SMILES string of the molecule is C=CCSC1=C(C#N)[C@@H](c2ccncc2)C(C(=O)Nc2ccc(Cl)cc2)=C(C)N1. The van der Waals surface area contributed by atoms with E-state index in [0.29, 0.717) is 33.3 Å². The quantitative estimate of drug-likeness (QED) is 0.641. The van der Waals surface area contributed by atoms with Gasteiger partial charge in [-0.2, -0.15) is 5.26 Å². The Labute approximate surface area is 179 Å². The van der Waals surface area contributed by atoms with Crippen LogP contribution in [0.15, 0.2) is 83.3 Å². The van der Waals surface area contributed by atoms with Crippen LogP contribution in [0, 0.1) is 11.3 Å². The van der Waals surface area contributed by atoms with Gasteiger partial charge in [0.2, 0.25) is 0 Å². The van der Waals surface area contributed by atoms with Crippen molar-refractivity contribution >= 4 is 35.0 Å². The van der Waals surface area contributed by atoms with E-state index in [1.165, 1.54) is 11.8 Å². The van der Waals surface area contributed by atoms with Gasteiger partial charge in [0.1, 0.15) is 0 Å². The van der Waals surface area contributed by atoms with Crippen LogP contribution in [0.1, 0.15) is 18.4 Å². The van der Waals surface area contributed by atoms with Crippen molar-refractivity contribution < 1.29 is 4.79 Å². The molecule has 0 aliphatic carbocycles. The standard InChI is InChI=1S/C22H19ClN4OS/c1-3-12-29-22-18(13-24)20(15-8-10-25-11-9-15)19(14(2)26-22)21(28)27-17-6-4-16(23)5-7-17/h3-11,20,26H,1,12H2,2H3,(H,27,28)/t20-/m1/s1. The molecule has 0 fully saturated rings. The third kappa shape index (κ3) is 4.70. The van der Waals surface area contributed by atoms with Crippen LogP contribution in [0.4, 0.5) is 5.69 Å². The van der Waals surface area contributed by atoms with Gasteiger partial charge < -0.3 is 10.6 Å². The zero-order valence-corrected chi connectivity index (χ0v) is 17.3. The first kappa shape index (κ1) is 20.7. The summed E-state index contributed by atoms with van der Waals surface area (Å²) < 4.78 is 0. The van der Waals surface area contributed by atoms with Crippen LogP contribution in [0.2, 0.25) is 5.02 Å². The molecule has 146 valence electrons. The van der Waals surface area contributed by atoms with Crippen LogP contribution in [0.5, 0.6) is 0 Å². The molecule has 0 radical (unpaired) electrons. The number of amides is 1. The van der Waals surface area contributed by atoms with Gasteiger partial charge in [0, 0.05) is 40.1 Å². The van der Waals surface area contributed by atoms with Gasteiger partial charge in [0.05, 0.1) is 22.6 Å². The van der Waals surface area contributed by atoms with Crippen molar-refractivity contribution in [1.29, 1.82) is 5.26 Å². The molecule has 2 aromatic rings. The maximum absolute atomic E-state index is 13.2. The lowest BCUT2D eigenvalue weighted by Gasteiger charge is -2.29. The van der Waals surface area contributed by atoms with E-state index in [9.17, 15) is 10.1 Å². The van der Waals surface area contributed by atoms with E-state index >= 15 is 0 Å². The lowest BCUT2D eigenvalue weighted by molar-refractivity contribution is -0.113. The molecule has 2 heterocycles. The van der Waals surface area contributed by atoms with Crippen LogP contribution in [-0.4, -0.2) is 16.6 Å². The molecule has 0 saturated carbocycles. The maximum Gasteiger partial charge on any atom is 0.254 e. The Bertz CT molecular complexity index is 1020. The molecule has 1 aliphatic heterocycles. The van der Waals surface area contributed by atoms with Gasteiger partial charge in [-0.1, -0.05) is 17.7 Å². The number of aromatic nitrogens is 1. The third-order valence-corrected chi connectivity index (χ3v) is 5.64. The van der Waals surface area contributed by atoms with Gasteiger partial charge in [-0.25, -0.2) is 0 Å². The minimum Gasteiger partial charge on any atom is -0.353 e. The molecule has 1 amide bonds. The second-order valence-electron chi connectivity index (χ2n) is 6.29. The van der Waals surface area contributed by atoms with Gasteiger partial charge >= 0.3 is 0 Å². The lowest BCUT2D eigenvalue weighted by Crippen LogP contribution is -2.30. The number of dihydropyridines is 1. The Morgan fingerprint density at radius 1 is 1.34 bits per heavy atom. The van der Waals surface area contributed by atoms with Gasteiger partial charge in [0.25, 0.3) is 5.91 Å². The van der Waals surface area contributed by atoms with Crippen molar-refractivity contribution in [2.24, 2.45) is 0 Å². The number of nitrogens with one attached hydrogen (secondary N) is 2. The highest BCUT2D eigenvalue weighted by Gasteiger charge is 2.34. The van der Waals surface area contributed by atoms with Gasteiger partial charge in [0.15, 0.2) is 0 Å². The second-order valence-corrected chi connectivity index (χ2v) is 7.76. The number of allylic oxidation sites excluding steroid dienone is 2. The molecule has 5 nitrogen and oxygen atoms in total. The van der Waals surface area contributed by atoms with E-state index in [4.69, 9.17) is 11.6 Å². The third-order valence-electron chi connectivity index (χ3n) is 4.38. The summed E-state index contributed by atoms with van der Waals surface area (Å²) in [7, 11) is 0. The molecule has 1 atom stereocenters. The monoisotopic (exact) mass is 422 g/mol. The first-order valence-electron chi connectivity index (χ1n) is 8.87. The number of thioether (sulfide) groups is 1. The summed E-state index contributed by atoms with van der Waals surface area (Å²) in [5.74, 6) is -0.126. The van der Waals surface area contributed by atoms with E-state index in [2.05, 4.69) is 28.3 Å². The number of anilines is 1. The number of hydrogen-bond acceptors (Lipinski definition) is 5. The Balaban J connectivity index is 2.03. The topological polar surface area (TPSA) is 77.8 Å². The number of pyridine rings is 1. The molecule has 1 aromatic heterocycles. The van der Waals surface area contributed by atoms with Crippen LogP contribution in [0.3, 0.4) is 0 Å². The summed E-state index contributed by atoms with van der Waals surface area (Å²) in [5.41, 5.74) is 3.14. The Hall–Kier alpha value is -3.01. The maximum atomic E-state index is 13.2. The number of halogens is 1. The molecule has 29 heavy (non-hydrogen) atoms. The summed E-state index contributed by atoms with van der Waals surface area (Å²) >= 11 is 7.41. The molecule has 0 bridgehead atoms. The molecule has 7 heteroatoms. The van der Waals surface area contributed by atoms with Crippen molar-refractivity contribution in [2.45, 2.75) is 12.8 Å². The van der Waals surface area contributed by atoms with Gasteiger partial charge in [-0.3, -0.25) is 9.78 Å². The fourth-order valence-electron chi connectivity index (χ4n) is 3.09. The Morgan fingerprint density at radius 3 is 2.66 bits per heavy atom. The Kier molecular flexibility index (Phi) is 6.76. The van der Waals surface area contributed by atoms with E-state index in [0.717, 1.165) is 10.6 Å². The van der Waals surface area contributed by atoms with Crippen molar-refractivity contribution in [3.8, 4) is 6.07 Å². The van der Waals surface area contributed by atoms with Crippen LogP contribution >= 0.6 is 23.4 Å². The average molecular weight is 423 g/mol. The highest BCUT2D eigenvalue weighted by atomic mass is 35.5. The van der Waals surface area contributed by atoms with Crippen LogP contribution < -0.4 is 10.6 Å². The number of nitrogens with zero attached hydrogens (tertiary/aromatic N) is 2. The molecule has 0 saturated heterocycles. The molecular formula is C22H19ClN4OS. The normalized spacial score (nSPS) is 16.1. The predicted octanol–water partition coefficient (Wildman–Crippen LogP) is 4.99. The number of carbonyl (C=O) groups excluding carboxylic acids is 1. The summed E-state index contributed by atoms with van der Waals surface area (Å²) in [6, 6.07) is 12.8. The second kappa shape index (κ2) is 9.46. The molecule has 3 rings (SSSR count). The smallest absolute Gasteiger partial charge is 0.254 e. The van der Waals surface area contributed by atoms with E-state index in [1.54, 1.807) is 42.7 Å². The number of benzene rings is 1. The van der Waals surface area contributed by atoms with Crippen molar-refractivity contribution in [1.82, 2.24) is 10.3 Å². The van der Waals surface area contributed by atoms with E-state index in [-0.39, 0.29) is 5.91 Å². The zero-order chi connectivity index (χ0) is 20.8. The summed E-state index contributed by atoms with van der Waals surface area (Å²) in [6.45, 7) is 5.58. The average Bonchev–Trinajstić information content (AvgIpc) is 2.73. The summed E-state index contributed by atoms with van der Waals surface area (Å²) in [4.78, 5) is 17.3. The lowest BCUT2D eigenvalue weighted by atomic mass is 9.82. The number of carbonyl (C=O) groups is 1. The largest absolute Gasteiger partial charge is 0.353 e. The molecular weight excluding hydrogens is 404 g/mol. The summed E-state index contributed by atoms with van der Waals surface area (Å²) in [5, 5.41) is 17.4. The number of rotatable bonds is 6. The fraction of sp³-hybridized carbons (Fsp3) is 0.136. The Morgan fingerprint density at radius 2 is 2.03 bits per heavy atom. The van der Waals surface area contributed by atoms with Gasteiger partial charge in [-0.15, -0.1) is 18.3 Å². The molecule has 0 spiro atoms. The first-order valence-corrected chi connectivity index (χ1v) is 10.2. The summed E-state index contributed by atoms with van der Waals surface area (Å²) in [6.07, 6.45) is 5.09. The van der Waals surface area contributed by atoms with Crippen molar-refractivity contribution in [3.63, 3.8) is 0 Å². The minimum atomic E-state index is -0.496. The van der Waals surface area contributed by atoms with Crippen molar-refractivity contribution in [3.05, 3.63) is 93.9 Å². The van der Waals surface area contributed by atoms with Crippen LogP contribution in [0.25, 0.3) is 0 Å². The number of hydrogen-bond donors (Lipinski definition) is 2. The molecule has 2 N–H and O–H groups in total. The molecule has 1 aromatic carbocycles. The molecule has 1 aliphatic rings. The molecule has 0 unspecified atom stereocenters. The first-order chi connectivity index (χ1) is 14.0. The van der Waals surface area contributed by atoms with Crippen molar-refractivity contribution in [2.75, 3.05) is 11.1 Å². The van der Waals surface area contributed by atoms with Crippen LogP contribution in [-0.2, 0) is 4.79 Å². The predicted molar refractivity (Wildman–Crippen MR) is 118 cm³/mol. The highest BCUT2D eigenvalue weighted by Crippen LogP contribution is 2.40. The van der Waals surface area contributed by atoms with Gasteiger partial charge in [-0.05, 0) is 48.9 Å².